The van der Waals surface area contributed by atoms with E-state index in [9.17, 15) is 4.79 Å². The molecule has 0 unspecified atom stereocenters. The van der Waals surface area contributed by atoms with Crippen molar-refractivity contribution < 1.29 is 19.0 Å². The number of carbonyl (C=O) groups excluding carboxylic acids is 1. The molecule has 2 aromatic carbocycles. The van der Waals surface area contributed by atoms with Crippen LogP contribution >= 0.6 is 0 Å². The summed E-state index contributed by atoms with van der Waals surface area (Å²) in [4.78, 5) is 12.1. The number of hydrogen-bond acceptors (Lipinski definition) is 5. The fourth-order valence-electron chi connectivity index (χ4n) is 2.72. The molecular formula is C23H29NO4. The van der Waals surface area contributed by atoms with E-state index < -0.39 is 5.97 Å². The van der Waals surface area contributed by atoms with E-state index >= 15 is 0 Å². The van der Waals surface area contributed by atoms with Crippen LogP contribution in [0, 0.1) is 5.92 Å². The van der Waals surface area contributed by atoms with Gasteiger partial charge in [0.15, 0.2) is 0 Å². The lowest BCUT2D eigenvalue weighted by atomic mass is 10.0. The minimum atomic E-state index is -0.453. The number of ether oxygens (including phenoxy) is 3. The van der Waals surface area contributed by atoms with Crippen molar-refractivity contribution in [2.75, 3.05) is 26.1 Å². The summed E-state index contributed by atoms with van der Waals surface area (Å²) in [5, 5.41) is 3.42. The first-order valence-electron chi connectivity index (χ1n) is 9.41. The van der Waals surface area contributed by atoms with Crippen molar-refractivity contribution in [2.45, 2.75) is 26.9 Å². The highest BCUT2D eigenvalue weighted by Crippen LogP contribution is 2.24. The molecule has 0 spiro atoms. The summed E-state index contributed by atoms with van der Waals surface area (Å²) in [5.74, 6) is 0.970. The number of carbonyl (C=O) groups is 1. The fraction of sp³-hybridized carbons (Fsp3) is 0.348. The Balaban J connectivity index is 2.11. The van der Waals surface area contributed by atoms with Crippen molar-refractivity contribution >= 4 is 17.2 Å². The molecule has 2 rings (SSSR count). The third-order valence-electron chi connectivity index (χ3n) is 4.23. The summed E-state index contributed by atoms with van der Waals surface area (Å²) in [5.41, 5.74) is 2.98. The Hall–Kier alpha value is -2.95. The molecule has 0 saturated carbocycles. The van der Waals surface area contributed by atoms with Crippen LogP contribution in [0.4, 0.5) is 5.69 Å². The Bertz CT molecular complexity index is 799. The number of anilines is 1. The average Bonchev–Trinajstić information content (AvgIpc) is 2.70. The van der Waals surface area contributed by atoms with Crippen molar-refractivity contribution in [1.29, 1.82) is 0 Å². The van der Waals surface area contributed by atoms with Gasteiger partial charge in [-0.1, -0.05) is 44.2 Å². The van der Waals surface area contributed by atoms with Gasteiger partial charge in [0, 0.05) is 18.3 Å². The zero-order valence-electron chi connectivity index (χ0n) is 17.0. The van der Waals surface area contributed by atoms with Crippen molar-refractivity contribution in [3.63, 3.8) is 0 Å². The highest BCUT2D eigenvalue weighted by molar-refractivity contribution is 6.16. The van der Waals surface area contributed by atoms with Crippen LogP contribution in [0.1, 0.15) is 31.4 Å². The lowest BCUT2D eigenvalue weighted by molar-refractivity contribution is -0.133. The smallest absolute Gasteiger partial charge is 0.341 e. The van der Waals surface area contributed by atoms with Crippen molar-refractivity contribution in [3.8, 4) is 5.75 Å². The fourth-order valence-corrected chi connectivity index (χ4v) is 2.72. The molecule has 5 nitrogen and oxygen atoms in total. The zero-order valence-corrected chi connectivity index (χ0v) is 17.0. The summed E-state index contributed by atoms with van der Waals surface area (Å²) >= 11 is 0. The number of benzene rings is 2. The molecule has 0 amide bonds. The van der Waals surface area contributed by atoms with E-state index in [1.54, 1.807) is 0 Å². The largest absolute Gasteiger partial charge is 0.503 e. The van der Waals surface area contributed by atoms with Gasteiger partial charge in [0.05, 0.1) is 20.5 Å². The third-order valence-corrected chi connectivity index (χ3v) is 4.23. The van der Waals surface area contributed by atoms with E-state index in [0.717, 1.165) is 35.5 Å². The summed E-state index contributed by atoms with van der Waals surface area (Å²) in [7, 11) is 2.85. The molecule has 1 N–H and O–H groups in total. The molecule has 28 heavy (non-hydrogen) atoms. The molecule has 150 valence electrons. The summed E-state index contributed by atoms with van der Waals surface area (Å²) in [6.07, 6.45) is 2.50. The van der Waals surface area contributed by atoms with Gasteiger partial charge in [-0.15, -0.1) is 0 Å². The number of methoxy groups -OCH3 is 2. The lowest BCUT2D eigenvalue weighted by Crippen LogP contribution is -2.08. The van der Waals surface area contributed by atoms with E-state index in [-0.39, 0.29) is 0 Å². The van der Waals surface area contributed by atoms with E-state index in [0.29, 0.717) is 18.1 Å². The Labute approximate surface area is 167 Å². The quantitative estimate of drug-likeness (QED) is 0.360. The standard InChI is InChI=1S/C23H29NO4/c1-17(2)12-13-24-19-9-7-10-20(14-19)28-15-18-8-5-6-11-21(18)22(16-26-3)23(25)27-4/h5-11,14,16-17,24H,12-13,15H2,1-4H3. The molecule has 0 heterocycles. The minimum absolute atomic E-state index is 0.323. The second-order valence-corrected chi connectivity index (χ2v) is 6.84. The maximum Gasteiger partial charge on any atom is 0.341 e. The van der Waals surface area contributed by atoms with Gasteiger partial charge in [0.25, 0.3) is 0 Å². The maximum atomic E-state index is 12.1. The molecule has 0 aliphatic carbocycles. The van der Waals surface area contributed by atoms with Gasteiger partial charge >= 0.3 is 5.97 Å². The van der Waals surface area contributed by atoms with Crippen molar-refractivity contribution in [3.05, 3.63) is 65.9 Å². The highest BCUT2D eigenvalue weighted by Gasteiger charge is 2.16. The minimum Gasteiger partial charge on any atom is -0.503 e. The Morgan fingerprint density at radius 3 is 2.61 bits per heavy atom. The van der Waals surface area contributed by atoms with Gasteiger partial charge in [0.1, 0.15) is 17.9 Å². The molecular weight excluding hydrogens is 354 g/mol. The van der Waals surface area contributed by atoms with Crippen LogP contribution in [0.5, 0.6) is 5.75 Å². The van der Waals surface area contributed by atoms with E-state index in [1.807, 2.05) is 48.5 Å². The maximum absolute atomic E-state index is 12.1. The van der Waals surface area contributed by atoms with Gasteiger partial charge in [0.2, 0.25) is 0 Å². The summed E-state index contributed by atoms with van der Waals surface area (Å²) in [6.45, 7) is 5.66. The monoisotopic (exact) mass is 383 g/mol. The normalized spacial score (nSPS) is 11.2. The summed E-state index contributed by atoms with van der Waals surface area (Å²) < 4.78 is 15.9. The van der Waals surface area contributed by atoms with Gasteiger partial charge in [-0.05, 0) is 35.6 Å². The highest BCUT2D eigenvalue weighted by atomic mass is 16.5. The predicted molar refractivity (Wildman–Crippen MR) is 112 cm³/mol. The molecule has 0 radical (unpaired) electrons. The first-order chi connectivity index (χ1) is 13.5. The molecule has 0 bridgehead atoms. The molecule has 0 aliphatic rings. The Morgan fingerprint density at radius 2 is 1.89 bits per heavy atom. The van der Waals surface area contributed by atoms with E-state index in [4.69, 9.17) is 14.2 Å². The topological polar surface area (TPSA) is 56.8 Å². The second kappa shape index (κ2) is 11.0. The van der Waals surface area contributed by atoms with E-state index in [1.165, 1.54) is 20.5 Å². The van der Waals surface area contributed by atoms with Crippen LogP contribution in [0.25, 0.3) is 5.57 Å². The van der Waals surface area contributed by atoms with Gasteiger partial charge in [-0.25, -0.2) is 4.79 Å². The van der Waals surface area contributed by atoms with Crippen LogP contribution in [0.2, 0.25) is 0 Å². The van der Waals surface area contributed by atoms with Gasteiger partial charge in [-0.3, -0.25) is 0 Å². The van der Waals surface area contributed by atoms with Crippen LogP contribution in [0.3, 0.4) is 0 Å². The molecule has 0 aliphatic heterocycles. The first kappa shape index (κ1) is 21.4. The lowest BCUT2D eigenvalue weighted by Gasteiger charge is -2.14. The van der Waals surface area contributed by atoms with Crippen LogP contribution in [0.15, 0.2) is 54.8 Å². The SMILES string of the molecule is COC=C(C(=O)OC)c1ccccc1COc1cccc(NCCC(C)C)c1. The molecule has 2 aromatic rings. The molecule has 0 aromatic heterocycles. The molecule has 5 heteroatoms. The third kappa shape index (κ3) is 6.34. The average molecular weight is 383 g/mol. The van der Waals surface area contributed by atoms with Crippen molar-refractivity contribution in [2.24, 2.45) is 5.92 Å². The molecule has 0 fully saturated rings. The van der Waals surface area contributed by atoms with Gasteiger partial charge in [-0.2, -0.15) is 0 Å². The number of esters is 1. The number of hydrogen-bond donors (Lipinski definition) is 1. The van der Waals surface area contributed by atoms with Crippen molar-refractivity contribution in [1.82, 2.24) is 0 Å². The van der Waals surface area contributed by atoms with Gasteiger partial charge < -0.3 is 19.5 Å². The molecule has 0 saturated heterocycles. The molecule has 0 atom stereocenters. The number of nitrogens with one attached hydrogen (secondary N) is 1. The van der Waals surface area contributed by atoms with Crippen LogP contribution in [-0.4, -0.2) is 26.7 Å². The first-order valence-corrected chi connectivity index (χ1v) is 9.41. The summed E-state index contributed by atoms with van der Waals surface area (Å²) in [6, 6.07) is 15.4. The zero-order chi connectivity index (χ0) is 20.4. The predicted octanol–water partition coefficient (Wildman–Crippen LogP) is 4.88. The van der Waals surface area contributed by atoms with E-state index in [2.05, 4.69) is 19.2 Å². The Morgan fingerprint density at radius 1 is 1.11 bits per heavy atom. The second-order valence-electron chi connectivity index (χ2n) is 6.84. The van der Waals surface area contributed by atoms with Crippen LogP contribution < -0.4 is 10.1 Å². The van der Waals surface area contributed by atoms with Crippen LogP contribution in [-0.2, 0) is 20.9 Å². The Kier molecular flexibility index (Phi) is 8.40. The number of rotatable bonds is 10.